The van der Waals surface area contributed by atoms with E-state index in [1.165, 1.54) is 7.11 Å². The number of hydrogen-bond donors (Lipinski definition) is 1. The third-order valence-corrected chi connectivity index (χ3v) is 5.91. The van der Waals surface area contributed by atoms with Crippen molar-refractivity contribution >= 4 is 10.0 Å². The lowest BCUT2D eigenvalue weighted by Crippen LogP contribution is -2.32. The second-order valence-electron chi connectivity index (χ2n) is 5.15. The van der Waals surface area contributed by atoms with Gasteiger partial charge in [-0.2, -0.15) is 4.31 Å². The van der Waals surface area contributed by atoms with Gasteiger partial charge in [-0.05, 0) is 37.1 Å². The predicted octanol–water partition coefficient (Wildman–Crippen LogP) is 0.535. The zero-order chi connectivity index (χ0) is 13.5. The zero-order valence-corrected chi connectivity index (χ0v) is 11.7. The number of benzene rings is 1. The molecule has 2 unspecified atom stereocenters. The second kappa shape index (κ2) is 4.77. The van der Waals surface area contributed by atoms with Gasteiger partial charge >= 0.3 is 0 Å². The molecule has 2 heterocycles. The summed E-state index contributed by atoms with van der Waals surface area (Å²) in [6.45, 7) is 3.06. The van der Waals surface area contributed by atoms with Crippen molar-refractivity contribution < 1.29 is 13.2 Å². The lowest BCUT2D eigenvalue weighted by molar-refractivity contribution is 0.396. The third-order valence-electron chi connectivity index (χ3n) is 4.04. The number of para-hydroxylation sites is 1. The van der Waals surface area contributed by atoms with E-state index in [-0.39, 0.29) is 4.90 Å². The Morgan fingerprint density at radius 1 is 1.21 bits per heavy atom. The molecule has 2 fully saturated rings. The summed E-state index contributed by atoms with van der Waals surface area (Å²) < 4.78 is 32.1. The molecule has 5 nitrogen and oxygen atoms in total. The maximum Gasteiger partial charge on any atom is 0.246 e. The van der Waals surface area contributed by atoms with Crippen molar-refractivity contribution in [2.24, 2.45) is 11.8 Å². The summed E-state index contributed by atoms with van der Waals surface area (Å²) >= 11 is 0. The van der Waals surface area contributed by atoms with E-state index in [1.54, 1.807) is 28.6 Å². The fourth-order valence-electron chi connectivity index (χ4n) is 2.98. The molecule has 3 rings (SSSR count). The number of nitrogens with one attached hydrogen (secondary N) is 1. The summed E-state index contributed by atoms with van der Waals surface area (Å²) in [5.74, 6) is 1.31. The maximum atomic E-state index is 12.7. The van der Waals surface area contributed by atoms with E-state index in [9.17, 15) is 8.42 Å². The van der Waals surface area contributed by atoms with Gasteiger partial charge in [0, 0.05) is 13.1 Å². The van der Waals surface area contributed by atoms with Gasteiger partial charge in [0.2, 0.25) is 10.0 Å². The van der Waals surface area contributed by atoms with Crippen molar-refractivity contribution in [3.8, 4) is 5.75 Å². The van der Waals surface area contributed by atoms with Crippen LogP contribution in [0.3, 0.4) is 0 Å². The van der Waals surface area contributed by atoms with Gasteiger partial charge in [0.15, 0.2) is 0 Å². The standard InChI is InChI=1S/C13H18N2O3S/c1-18-12-4-2-3-5-13(12)19(16,17)15-8-10-6-14-7-11(10)9-15/h2-5,10-11,14H,6-9H2,1H3. The maximum absolute atomic E-state index is 12.7. The van der Waals surface area contributed by atoms with Crippen LogP contribution in [0.4, 0.5) is 0 Å². The molecule has 1 aromatic carbocycles. The number of hydrogen-bond acceptors (Lipinski definition) is 4. The van der Waals surface area contributed by atoms with E-state index in [0.717, 1.165) is 13.1 Å². The highest BCUT2D eigenvalue weighted by atomic mass is 32.2. The first kappa shape index (κ1) is 12.9. The zero-order valence-electron chi connectivity index (χ0n) is 10.9. The number of methoxy groups -OCH3 is 1. The van der Waals surface area contributed by atoms with Crippen LogP contribution in [0.1, 0.15) is 0 Å². The molecule has 0 aromatic heterocycles. The van der Waals surface area contributed by atoms with Gasteiger partial charge < -0.3 is 10.1 Å². The Morgan fingerprint density at radius 3 is 2.47 bits per heavy atom. The van der Waals surface area contributed by atoms with Gasteiger partial charge in [0.05, 0.1) is 7.11 Å². The van der Waals surface area contributed by atoms with Crippen LogP contribution in [0.25, 0.3) is 0 Å². The van der Waals surface area contributed by atoms with E-state index in [4.69, 9.17) is 4.74 Å². The van der Waals surface area contributed by atoms with Crippen LogP contribution in [-0.2, 0) is 10.0 Å². The molecular weight excluding hydrogens is 264 g/mol. The summed E-state index contributed by atoms with van der Waals surface area (Å²) in [7, 11) is -1.95. The SMILES string of the molecule is COc1ccccc1S(=O)(=O)N1CC2CNCC2C1. The monoisotopic (exact) mass is 282 g/mol. The minimum Gasteiger partial charge on any atom is -0.495 e. The average Bonchev–Trinajstić information content (AvgIpc) is 2.99. The Bertz CT molecular complexity index is 561. The lowest BCUT2D eigenvalue weighted by Gasteiger charge is -2.19. The highest BCUT2D eigenvalue weighted by molar-refractivity contribution is 7.89. The summed E-state index contributed by atoms with van der Waals surface area (Å²) in [6.07, 6.45) is 0. The fourth-order valence-corrected chi connectivity index (χ4v) is 4.69. The molecule has 0 spiro atoms. The van der Waals surface area contributed by atoms with Gasteiger partial charge in [-0.1, -0.05) is 12.1 Å². The Hall–Kier alpha value is -1.11. The van der Waals surface area contributed by atoms with Crippen LogP contribution in [0, 0.1) is 11.8 Å². The van der Waals surface area contributed by atoms with Crippen molar-refractivity contribution in [3.05, 3.63) is 24.3 Å². The number of sulfonamides is 1. The van der Waals surface area contributed by atoms with E-state index in [0.29, 0.717) is 30.7 Å². The molecule has 0 amide bonds. The van der Waals surface area contributed by atoms with Crippen LogP contribution in [-0.4, -0.2) is 46.0 Å². The van der Waals surface area contributed by atoms with Crippen molar-refractivity contribution in [3.63, 3.8) is 0 Å². The molecule has 1 aromatic rings. The Labute approximate surface area is 113 Å². The first-order chi connectivity index (χ1) is 9.13. The topological polar surface area (TPSA) is 58.6 Å². The van der Waals surface area contributed by atoms with Crippen molar-refractivity contribution in [2.45, 2.75) is 4.90 Å². The number of fused-ring (bicyclic) bond motifs is 1. The minimum absolute atomic E-state index is 0.269. The predicted molar refractivity (Wildman–Crippen MR) is 71.6 cm³/mol. The number of nitrogens with zero attached hydrogens (tertiary/aromatic N) is 1. The molecule has 2 atom stereocenters. The first-order valence-corrected chi connectivity index (χ1v) is 7.91. The Morgan fingerprint density at radius 2 is 1.84 bits per heavy atom. The molecular formula is C13H18N2O3S. The molecule has 0 bridgehead atoms. The van der Waals surface area contributed by atoms with Crippen molar-refractivity contribution in [1.29, 1.82) is 0 Å². The molecule has 0 saturated carbocycles. The number of rotatable bonds is 3. The van der Waals surface area contributed by atoms with E-state index in [2.05, 4.69) is 5.32 Å². The van der Waals surface area contributed by atoms with Crippen LogP contribution in [0.5, 0.6) is 5.75 Å². The molecule has 0 aliphatic carbocycles. The van der Waals surface area contributed by atoms with E-state index >= 15 is 0 Å². The van der Waals surface area contributed by atoms with Crippen LogP contribution in [0.2, 0.25) is 0 Å². The van der Waals surface area contributed by atoms with Crippen LogP contribution >= 0.6 is 0 Å². The molecule has 1 N–H and O–H groups in total. The second-order valence-corrected chi connectivity index (χ2v) is 7.06. The normalized spacial score (nSPS) is 27.4. The Kier molecular flexibility index (Phi) is 3.24. The largest absolute Gasteiger partial charge is 0.495 e. The van der Waals surface area contributed by atoms with Crippen LogP contribution in [0.15, 0.2) is 29.2 Å². The number of ether oxygens (including phenoxy) is 1. The molecule has 19 heavy (non-hydrogen) atoms. The minimum atomic E-state index is -3.44. The van der Waals surface area contributed by atoms with E-state index < -0.39 is 10.0 Å². The van der Waals surface area contributed by atoms with Crippen molar-refractivity contribution in [1.82, 2.24) is 9.62 Å². The Balaban J connectivity index is 1.91. The summed E-state index contributed by atoms with van der Waals surface area (Å²) in [6, 6.07) is 6.81. The molecule has 2 aliphatic rings. The third kappa shape index (κ3) is 2.13. The molecule has 2 saturated heterocycles. The van der Waals surface area contributed by atoms with Gasteiger partial charge in [-0.15, -0.1) is 0 Å². The quantitative estimate of drug-likeness (QED) is 0.879. The van der Waals surface area contributed by atoms with Gasteiger partial charge in [-0.3, -0.25) is 0 Å². The van der Waals surface area contributed by atoms with Gasteiger partial charge in [-0.25, -0.2) is 8.42 Å². The van der Waals surface area contributed by atoms with Gasteiger partial charge in [0.1, 0.15) is 10.6 Å². The summed E-state index contributed by atoms with van der Waals surface area (Å²) in [4.78, 5) is 0.269. The molecule has 2 aliphatic heterocycles. The summed E-state index contributed by atoms with van der Waals surface area (Å²) in [5, 5.41) is 3.31. The average molecular weight is 282 g/mol. The van der Waals surface area contributed by atoms with E-state index in [1.807, 2.05) is 0 Å². The van der Waals surface area contributed by atoms with Crippen LogP contribution < -0.4 is 10.1 Å². The molecule has 0 radical (unpaired) electrons. The van der Waals surface area contributed by atoms with Crippen molar-refractivity contribution in [2.75, 3.05) is 33.3 Å². The fraction of sp³-hybridized carbons (Fsp3) is 0.538. The van der Waals surface area contributed by atoms with Gasteiger partial charge in [0.25, 0.3) is 0 Å². The lowest BCUT2D eigenvalue weighted by atomic mass is 10.0. The first-order valence-electron chi connectivity index (χ1n) is 6.47. The molecule has 104 valence electrons. The highest BCUT2D eigenvalue weighted by Crippen LogP contribution is 2.33. The molecule has 6 heteroatoms. The smallest absolute Gasteiger partial charge is 0.246 e. The highest BCUT2D eigenvalue weighted by Gasteiger charge is 2.42. The summed E-state index contributed by atoms with van der Waals surface area (Å²) in [5.41, 5.74) is 0.